The average molecular weight is 419 g/mol. The van der Waals surface area contributed by atoms with Crippen LogP contribution in [-0.4, -0.2) is 39.7 Å². The van der Waals surface area contributed by atoms with E-state index in [0.29, 0.717) is 29.0 Å². The number of aryl methyl sites for hydroxylation is 1. The van der Waals surface area contributed by atoms with Crippen LogP contribution in [-0.2, 0) is 11.8 Å². The number of carbonyl (C=O) groups is 2. The number of hydrogen-bond acceptors (Lipinski definition) is 5. The normalized spacial score (nSPS) is 21.2. The zero-order valence-corrected chi connectivity index (χ0v) is 17.5. The number of benzene rings is 1. The number of hydrogen-bond donors (Lipinski definition) is 3. The summed E-state index contributed by atoms with van der Waals surface area (Å²) < 4.78 is 1.61. The molecule has 0 spiro atoms. The maximum Gasteiger partial charge on any atom is 0.258 e. The number of amides is 2. The Kier molecular flexibility index (Phi) is 6.54. The summed E-state index contributed by atoms with van der Waals surface area (Å²) in [6, 6.07) is 6.95. The highest BCUT2D eigenvalue weighted by Crippen LogP contribution is 2.38. The first-order valence-electron chi connectivity index (χ1n) is 9.85. The molecule has 8 nitrogen and oxygen atoms in total. The largest absolute Gasteiger partial charge is 0.326 e. The molecule has 4 rings (SSSR count). The summed E-state index contributed by atoms with van der Waals surface area (Å²) >= 11 is 0. The SMILES string of the molecule is CC1CC1C(=O)Nc1cccc(C(=O)Nc2nc(C3CCNCC3)nn2C)c1.Cl. The fourth-order valence-corrected chi connectivity index (χ4v) is 3.60. The van der Waals surface area contributed by atoms with Crippen molar-refractivity contribution in [3.8, 4) is 0 Å². The van der Waals surface area contributed by atoms with Crippen LogP contribution in [0.25, 0.3) is 0 Å². The van der Waals surface area contributed by atoms with Crippen LogP contribution in [0.1, 0.15) is 48.3 Å². The molecule has 2 unspecified atom stereocenters. The molecule has 0 radical (unpaired) electrons. The van der Waals surface area contributed by atoms with Crippen molar-refractivity contribution in [2.45, 2.75) is 32.1 Å². The summed E-state index contributed by atoms with van der Waals surface area (Å²) in [5, 5.41) is 13.5. The molecule has 156 valence electrons. The minimum absolute atomic E-state index is 0. The molecule has 1 aromatic carbocycles. The molecule has 1 aromatic heterocycles. The number of nitrogens with one attached hydrogen (secondary N) is 3. The Morgan fingerprint density at radius 1 is 1.21 bits per heavy atom. The highest BCUT2D eigenvalue weighted by molar-refractivity contribution is 6.04. The Morgan fingerprint density at radius 2 is 1.93 bits per heavy atom. The topological polar surface area (TPSA) is 101 Å². The van der Waals surface area contributed by atoms with Gasteiger partial charge in [-0.15, -0.1) is 12.4 Å². The average Bonchev–Trinajstić information content (AvgIpc) is 3.33. The Hall–Kier alpha value is -2.45. The van der Waals surface area contributed by atoms with Crippen LogP contribution >= 0.6 is 12.4 Å². The van der Waals surface area contributed by atoms with E-state index in [1.807, 2.05) is 0 Å². The molecule has 2 aliphatic rings. The zero-order chi connectivity index (χ0) is 19.7. The molecule has 2 aromatic rings. The summed E-state index contributed by atoms with van der Waals surface area (Å²) in [6.07, 6.45) is 2.93. The number of aromatic nitrogens is 3. The van der Waals surface area contributed by atoms with E-state index < -0.39 is 0 Å². The maximum absolute atomic E-state index is 12.7. The lowest BCUT2D eigenvalue weighted by molar-refractivity contribution is -0.117. The van der Waals surface area contributed by atoms with Crippen molar-refractivity contribution < 1.29 is 9.59 Å². The predicted octanol–water partition coefficient (Wildman–Crippen LogP) is 2.55. The second kappa shape index (κ2) is 8.92. The van der Waals surface area contributed by atoms with E-state index in [1.54, 1.807) is 36.0 Å². The Bertz CT molecular complexity index is 893. The van der Waals surface area contributed by atoms with Crippen LogP contribution in [0, 0.1) is 11.8 Å². The minimum atomic E-state index is -0.275. The van der Waals surface area contributed by atoms with Crippen LogP contribution < -0.4 is 16.0 Å². The van der Waals surface area contributed by atoms with E-state index in [9.17, 15) is 9.59 Å². The van der Waals surface area contributed by atoms with E-state index >= 15 is 0 Å². The molecule has 1 saturated heterocycles. The molecule has 3 N–H and O–H groups in total. The van der Waals surface area contributed by atoms with Gasteiger partial charge < -0.3 is 10.6 Å². The molecular formula is C20H27ClN6O2. The molecule has 0 bridgehead atoms. The molecule has 2 fully saturated rings. The molecule has 29 heavy (non-hydrogen) atoms. The van der Waals surface area contributed by atoms with Gasteiger partial charge in [-0.05, 0) is 56.5 Å². The van der Waals surface area contributed by atoms with Gasteiger partial charge in [0, 0.05) is 30.1 Å². The Labute approximate surface area is 176 Å². The summed E-state index contributed by atoms with van der Waals surface area (Å²) in [5.41, 5.74) is 1.10. The highest BCUT2D eigenvalue weighted by atomic mass is 35.5. The lowest BCUT2D eigenvalue weighted by Crippen LogP contribution is -2.27. The quantitative estimate of drug-likeness (QED) is 0.692. The lowest BCUT2D eigenvalue weighted by atomic mass is 9.98. The van der Waals surface area contributed by atoms with Gasteiger partial charge in [0.05, 0.1) is 0 Å². The molecule has 2 atom stereocenters. The van der Waals surface area contributed by atoms with Gasteiger partial charge in [0.15, 0.2) is 5.82 Å². The van der Waals surface area contributed by atoms with Gasteiger partial charge in [0.1, 0.15) is 0 Å². The van der Waals surface area contributed by atoms with Gasteiger partial charge in [0.2, 0.25) is 11.9 Å². The highest BCUT2D eigenvalue weighted by Gasteiger charge is 2.39. The van der Waals surface area contributed by atoms with Crippen LogP contribution in [0.3, 0.4) is 0 Å². The molecule has 1 aliphatic carbocycles. The van der Waals surface area contributed by atoms with Gasteiger partial charge in [-0.1, -0.05) is 13.0 Å². The van der Waals surface area contributed by atoms with Gasteiger partial charge in [-0.2, -0.15) is 10.1 Å². The zero-order valence-electron chi connectivity index (χ0n) is 16.6. The van der Waals surface area contributed by atoms with Gasteiger partial charge in [-0.3, -0.25) is 14.9 Å². The van der Waals surface area contributed by atoms with Crippen molar-refractivity contribution in [3.05, 3.63) is 35.7 Å². The predicted molar refractivity (Wildman–Crippen MR) is 113 cm³/mol. The van der Waals surface area contributed by atoms with Crippen molar-refractivity contribution in [2.75, 3.05) is 23.7 Å². The maximum atomic E-state index is 12.7. The Morgan fingerprint density at radius 3 is 2.62 bits per heavy atom. The number of nitrogens with zero attached hydrogens (tertiary/aromatic N) is 3. The second-order valence-corrected chi connectivity index (χ2v) is 7.79. The van der Waals surface area contributed by atoms with E-state index in [4.69, 9.17) is 0 Å². The van der Waals surface area contributed by atoms with Crippen molar-refractivity contribution in [2.24, 2.45) is 18.9 Å². The van der Waals surface area contributed by atoms with Crippen LogP contribution in [0.2, 0.25) is 0 Å². The molecule has 1 saturated carbocycles. The summed E-state index contributed by atoms with van der Waals surface area (Å²) in [5.74, 6) is 1.80. The summed E-state index contributed by atoms with van der Waals surface area (Å²) in [4.78, 5) is 29.3. The first-order chi connectivity index (χ1) is 13.5. The Balaban J connectivity index is 0.00000240. The number of rotatable bonds is 5. The number of anilines is 2. The van der Waals surface area contributed by atoms with E-state index in [0.717, 1.165) is 38.2 Å². The van der Waals surface area contributed by atoms with Gasteiger partial charge in [-0.25, -0.2) is 4.68 Å². The van der Waals surface area contributed by atoms with Crippen LogP contribution in [0.4, 0.5) is 11.6 Å². The summed E-state index contributed by atoms with van der Waals surface area (Å²) in [7, 11) is 1.78. The molecular weight excluding hydrogens is 392 g/mol. The molecule has 9 heteroatoms. The third-order valence-electron chi connectivity index (χ3n) is 5.55. The lowest BCUT2D eigenvalue weighted by Gasteiger charge is -2.19. The fourth-order valence-electron chi connectivity index (χ4n) is 3.60. The molecule has 2 amide bonds. The number of carbonyl (C=O) groups excluding carboxylic acids is 2. The third-order valence-corrected chi connectivity index (χ3v) is 5.55. The first-order valence-corrected chi connectivity index (χ1v) is 9.85. The van der Waals surface area contributed by atoms with Crippen LogP contribution in [0.5, 0.6) is 0 Å². The summed E-state index contributed by atoms with van der Waals surface area (Å²) in [6.45, 7) is 3.98. The van der Waals surface area contributed by atoms with Crippen molar-refractivity contribution in [1.82, 2.24) is 20.1 Å². The van der Waals surface area contributed by atoms with Crippen LogP contribution in [0.15, 0.2) is 24.3 Å². The van der Waals surface area contributed by atoms with Crippen molar-refractivity contribution in [3.63, 3.8) is 0 Å². The smallest absolute Gasteiger partial charge is 0.258 e. The van der Waals surface area contributed by atoms with Crippen molar-refractivity contribution >= 4 is 35.9 Å². The number of piperidine rings is 1. The van der Waals surface area contributed by atoms with E-state index in [2.05, 4.69) is 33.0 Å². The fraction of sp³-hybridized carbons (Fsp3) is 0.500. The standard InChI is InChI=1S/C20H26N6O2.ClH/c1-12-10-16(12)19(28)22-15-5-3-4-14(11-15)18(27)24-20-23-17(25-26(20)2)13-6-8-21-9-7-13;/h3-5,11-13,16,21H,6-10H2,1-2H3,(H,22,28)(H,23,24,25,27);1H. The van der Waals surface area contributed by atoms with E-state index in [-0.39, 0.29) is 30.1 Å². The van der Waals surface area contributed by atoms with E-state index in [1.165, 1.54) is 0 Å². The third kappa shape index (κ3) is 4.94. The second-order valence-electron chi connectivity index (χ2n) is 7.79. The first kappa shape index (κ1) is 21.3. The molecule has 1 aliphatic heterocycles. The van der Waals surface area contributed by atoms with Crippen molar-refractivity contribution in [1.29, 1.82) is 0 Å². The monoisotopic (exact) mass is 418 g/mol. The van der Waals surface area contributed by atoms with Gasteiger partial charge >= 0.3 is 0 Å². The minimum Gasteiger partial charge on any atom is -0.326 e. The number of halogens is 1. The van der Waals surface area contributed by atoms with Gasteiger partial charge in [0.25, 0.3) is 5.91 Å². The molecule has 2 heterocycles.